The van der Waals surface area contributed by atoms with Gasteiger partial charge in [-0.2, -0.15) is 3.71 Å². The number of benzene rings is 1. The summed E-state index contributed by atoms with van der Waals surface area (Å²) < 4.78 is 4.46. The lowest BCUT2D eigenvalue weighted by atomic mass is 9.96. The number of fused-ring (bicyclic) bond motifs is 1. The molecule has 1 aliphatic carbocycles. The van der Waals surface area contributed by atoms with E-state index in [4.69, 9.17) is 0 Å². The van der Waals surface area contributed by atoms with E-state index >= 15 is 0 Å². The summed E-state index contributed by atoms with van der Waals surface area (Å²) in [5.41, 5.74) is 1.09. The van der Waals surface area contributed by atoms with Gasteiger partial charge in [0.1, 0.15) is 0 Å². The SMILES string of the molecule is SN(Sc1nc2ccccc2s1)C1CCCCC1. The number of para-hydroxylation sites is 1. The van der Waals surface area contributed by atoms with E-state index in [9.17, 15) is 0 Å². The molecule has 0 amide bonds. The van der Waals surface area contributed by atoms with Crippen LogP contribution in [0.3, 0.4) is 0 Å². The van der Waals surface area contributed by atoms with Crippen molar-refractivity contribution in [1.82, 2.24) is 8.69 Å². The molecule has 1 fully saturated rings. The molecule has 1 heterocycles. The second kappa shape index (κ2) is 5.82. The molecule has 1 aromatic carbocycles. The lowest BCUT2D eigenvalue weighted by Gasteiger charge is -2.27. The number of thiazole rings is 1. The minimum atomic E-state index is 0.596. The fraction of sp³-hybridized carbons (Fsp3) is 0.462. The number of thiol groups is 1. The highest BCUT2D eigenvalue weighted by atomic mass is 32.2. The summed E-state index contributed by atoms with van der Waals surface area (Å²) in [6.07, 6.45) is 6.58. The first-order valence-corrected chi connectivity index (χ1v) is 8.33. The third kappa shape index (κ3) is 2.85. The third-order valence-corrected chi connectivity index (χ3v) is 5.94. The summed E-state index contributed by atoms with van der Waals surface area (Å²) in [6.45, 7) is 0. The van der Waals surface area contributed by atoms with Crippen molar-refractivity contribution in [3.05, 3.63) is 24.3 Å². The zero-order valence-electron chi connectivity index (χ0n) is 10.1. The van der Waals surface area contributed by atoms with Gasteiger partial charge in [0.2, 0.25) is 0 Å². The van der Waals surface area contributed by atoms with E-state index in [-0.39, 0.29) is 0 Å². The van der Waals surface area contributed by atoms with Crippen LogP contribution in [0.1, 0.15) is 32.1 Å². The molecule has 0 bridgehead atoms. The normalized spacial score (nSPS) is 17.7. The molecule has 1 saturated carbocycles. The quantitative estimate of drug-likeness (QED) is 0.648. The molecule has 2 nitrogen and oxygen atoms in total. The fourth-order valence-electron chi connectivity index (χ4n) is 2.35. The van der Waals surface area contributed by atoms with Crippen LogP contribution in [-0.4, -0.2) is 14.7 Å². The molecule has 96 valence electrons. The van der Waals surface area contributed by atoms with Crippen molar-refractivity contribution in [2.24, 2.45) is 0 Å². The van der Waals surface area contributed by atoms with Gasteiger partial charge >= 0.3 is 0 Å². The Morgan fingerprint density at radius 1 is 1.22 bits per heavy atom. The molecular formula is C13H16N2S3. The molecule has 0 N–H and O–H groups in total. The molecule has 0 saturated heterocycles. The minimum Gasteiger partial charge on any atom is -0.228 e. The predicted octanol–water partition coefficient (Wildman–Crippen LogP) is 4.78. The Morgan fingerprint density at radius 2 is 2.00 bits per heavy atom. The van der Waals surface area contributed by atoms with E-state index < -0.39 is 0 Å². The van der Waals surface area contributed by atoms with Crippen LogP contribution in [0.4, 0.5) is 0 Å². The Hall–Kier alpha value is -0.230. The maximum Gasteiger partial charge on any atom is 0.167 e. The Bertz CT molecular complexity index is 487. The van der Waals surface area contributed by atoms with Gasteiger partial charge in [-0.05, 0) is 25.0 Å². The maximum absolute atomic E-state index is 4.64. The van der Waals surface area contributed by atoms with Crippen LogP contribution < -0.4 is 0 Å². The fourth-order valence-corrected chi connectivity index (χ4v) is 4.99. The predicted molar refractivity (Wildman–Crippen MR) is 83.2 cm³/mol. The molecule has 0 atom stereocenters. The van der Waals surface area contributed by atoms with Crippen molar-refractivity contribution in [2.75, 3.05) is 0 Å². The summed E-state index contributed by atoms with van der Waals surface area (Å²) >= 11 is 8.06. The van der Waals surface area contributed by atoms with Crippen LogP contribution >= 0.6 is 36.1 Å². The highest BCUT2D eigenvalue weighted by Gasteiger charge is 2.20. The van der Waals surface area contributed by atoms with Crippen molar-refractivity contribution < 1.29 is 0 Å². The lowest BCUT2D eigenvalue weighted by molar-refractivity contribution is 0.364. The summed E-state index contributed by atoms with van der Waals surface area (Å²) in [5.74, 6) is 0. The first-order chi connectivity index (χ1) is 8.83. The van der Waals surface area contributed by atoms with Gasteiger partial charge in [-0.25, -0.2) is 4.98 Å². The maximum atomic E-state index is 4.64. The van der Waals surface area contributed by atoms with E-state index in [1.807, 2.05) is 6.07 Å². The molecule has 5 heteroatoms. The van der Waals surface area contributed by atoms with Crippen LogP contribution in [-0.2, 0) is 0 Å². The van der Waals surface area contributed by atoms with Gasteiger partial charge in [-0.1, -0.05) is 44.2 Å². The summed E-state index contributed by atoms with van der Waals surface area (Å²) in [4.78, 5) is 4.64. The van der Waals surface area contributed by atoms with Crippen molar-refractivity contribution in [2.45, 2.75) is 42.5 Å². The Kier molecular flexibility index (Phi) is 4.13. The van der Waals surface area contributed by atoms with Crippen LogP contribution in [0.25, 0.3) is 10.2 Å². The van der Waals surface area contributed by atoms with Crippen LogP contribution in [0.5, 0.6) is 0 Å². The average molecular weight is 296 g/mol. The second-order valence-corrected chi connectivity index (χ2v) is 7.59. The number of aromatic nitrogens is 1. The molecule has 2 aromatic rings. The smallest absolute Gasteiger partial charge is 0.167 e. The highest BCUT2D eigenvalue weighted by Crippen LogP contribution is 2.36. The molecule has 0 spiro atoms. The monoisotopic (exact) mass is 296 g/mol. The molecule has 3 rings (SSSR count). The molecule has 0 radical (unpaired) electrons. The first-order valence-electron chi connectivity index (χ1n) is 6.34. The Labute approximate surface area is 121 Å². The van der Waals surface area contributed by atoms with Crippen LogP contribution in [0.2, 0.25) is 0 Å². The van der Waals surface area contributed by atoms with Gasteiger partial charge in [0.05, 0.1) is 10.2 Å². The van der Waals surface area contributed by atoms with Crippen molar-refractivity contribution in [1.29, 1.82) is 0 Å². The third-order valence-electron chi connectivity index (χ3n) is 3.33. The van der Waals surface area contributed by atoms with Gasteiger partial charge in [0.25, 0.3) is 0 Å². The summed E-state index contributed by atoms with van der Waals surface area (Å²) in [5, 5.41) is 0. The minimum absolute atomic E-state index is 0.596. The number of nitrogens with zero attached hydrogens (tertiary/aromatic N) is 2. The number of hydrogen-bond acceptors (Lipinski definition) is 5. The van der Waals surface area contributed by atoms with Gasteiger partial charge in [0, 0.05) is 18.0 Å². The van der Waals surface area contributed by atoms with Gasteiger partial charge in [-0.3, -0.25) is 0 Å². The van der Waals surface area contributed by atoms with E-state index in [1.54, 1.807) is 23.3 Å². The van der Waals surface area contributed by atoms with Crippen LogP contribution in [0, 0.1) is 0 Å². The van der Waals surface area contributed by atoms with E-state index in [1.165, 1.54) is 36.8 Å². The van der Waals surface area contributed by atoms with Gasteiger partial charge in [0.15, 0.2) is 4.34 Å². The molecule has 0 unspecified atom stereocenters. The number of hydrogen-bond donors (Lipinski definition) is 1. The zero-order valence-corrected chi connectivity index (χ0v) is 12.6. The standard InChI is InChI=1S/C13H16N2S3/c16-15(10-6-2-1-3-7-10)18-13-14-11-8-4-5-9-12(11)17-13/h4-5,8-10,16H,1-3,6-7H2. The Morgan fingerprint density at radius 3 is 2.78 bits per heavy atom. The molecule has 1 aliphatic rings. The van der Waals surface area contributed by atoms with Crippen LogP contribution in [0.15, 0.2) is 28.6 Å². The zero-order chi connectivity index (χ0) is 12.4. The van der Waals surface area contributed by atoms with Crippen molar-refractivity contribution in [3.63, 3.8) is 0 Å². The average Bonchev–Trinajstić information content (AvgIpc) is 2.82. The highest BCUT2D eigenvalue weighted by molar-refractivity contribution is 8.06. The van der Waals surface area contributed by atoms with Gasteiger partial charge in [-0.15, -0.1) is 11.3 Å². The summed E-state index contributed by atoms with van der Waals surface area (Å²) in [7, 11) is 0. The van der Waals surface area contributed by atoms with E-state index in [0.29, 0.717) is 6.04 Å². The topological polar surface area (TPSA) is 16.1 Å². The molecule has 1 aromatic heterocycles. The summed E-state index contributed by atoms with van der Waals surface area (Å²) in [6, 6.07) is 8.89. The first kappa shape index (κ1) is 12.8. The largest absolute Gasteiger partial charge is 0.228 e. The van der Waals surface area contributed by atoms with Gasteiger partial charge < -0.3 is 0 Å². The lowest BCUT2D eigenvalue weighted by Crippen LogP contribution is -2.24. The van der Waals surface area contributed by atoms with E-state index in [0.717, 1.165) is 9.86 Å². The number of rotatable bonds is 3. The molecule has 0 aliphatic heterocycles. The molecule has 18 heavy (non-hydrogen) atoms. The Balaban J connectivity index is 1.71. The molecular weight excluding hydrogens is 280 g/mol. The van der Waals surface area contributed by atoms with Crippen molar-refractivity contribution >= 4 is 46.3 Å². The second-order valence-electron chi connectivity index (χ2n) is 4.63. The van der Waals surface area contributed by atoms with E-state index in [2.05, 4.69) is 39.7 Å². The van der Waals surface area contributed by atoms with Crippen molar-refractivity contribution in [3.8, 4) is 0 Å².